The van der Waals surface area contributed by atoms with Crippen LogP contribution >= 0.6 is 23.2 Å². The van der Waals surface area contributed by atoms with Gasteiger partial charge in [-0.1, -0.05) is 65.7 Å². The van der Waals surface area contributed by atoms with Crippen molar-refractivity contribution in [3.05, 3.63) is 75.8 Å². The van der Waals surface area contributed by atoms with E-state index in [1.165, 1.54) is 0 Å². The summed E-state index contributed by atoms with van der Waals surface area (Å²) < 4.78 is 0. The summed E-state index contributed by atoms with van der Waals surface area (Å²) in [5.41, 5.74) is 6.42. The molecule has 3 rings (SSSR count). The highest BCUT2D eigenvalue weighted by molar-refractivity contribution is 6.42. The monoisotopic (exact) mass is 316 g/mol. The molecule has 1 aliphatic rings. The maximum Gasteiger partial charge on any atom is 0.0746 e. The summed E-state index contributed by atoms with van der Waals surface area (Å²) in [6.45, 7) is 0. The zero-order valence-corrected chi connectivity index (χ0v) is 12.8. The van der Waals surface area contributed by atoms with Crippen molar-refractivity contribution in [1.82, 2.24) is 5.43 Å². The Hall–Kier alpha value is -1.77. The zero-order chi connectivity index (χ0) is 14.7. The Morgan fingerprint density at radius 3 is 2.57 bits per heavy atom. The van der Waals surface area contributed by atoms with Gasteiger partial charge >= 0.3 is 0 Å². The van der Waals surface area contributed by atoms with E-state index in [2.05, 4.69) is 28.7 Å². The fourth-order valence-corrected chi connectivity index (χ4v) is 2.55. The number of benzene rings is 2. The fraction of sp³-hybridized carbons (Fsp3) is 0.118. The molecule has 2 aromatic rings. The van der Waals surface area contributed by atoms with Crippen LogP contribution in [0.15, 0.2) is 59.7 Å². The molecule has 0 bridgehead atoms. The molecule has 0 unspecified atom stereocenters. The number of rotatable bonds is 3. The third-order valence-electron chi connectivity index (χ3n) is 3.39. The normalized spacial score (nSPS) is 17.8. The van der Waals surface area contributed by atoms with Crippen molar-refractivity contribution in [2.24, 2.45) is 5.10 Å². The Kier molecular flexibility index (Phi) is 4.28. The Morgan fingerprint density at radius 2 is 1.81 bits per heavy atom. The minimum Gasteiger partial charge on any atom is -0.302 e. The van der Waals surface area contributed by atoms with Gasteiger partial charge in [-0.05, 0) is 29.3 Å². The highest BCUT2D eigenvalue weighted by Crippen LogP contribution is 2.29. The van der Waals surface area contributed by atoms with E-state index < -0.39 is 0 Å². The van der Waals surface area contributed by atoms with Crippen molar-refractivity contribution in [1.29, 1.82) is 0 Å². The largest absolute Gasteiger partial charge is 0.302 e. The van der Waals surface area contributed by atoms with Crippen LogP contribution in [0.2, 0.25) is 10.0 Å². The third-order valence-corrected chi connectivity index (χ3v) is 4.13. The highest BCUT2D eigenvalue weighted by Gasteiger charge is 2.19. The molecular formula is C17H14Cl2N2. The van der Waals surface area contributed by atoms with Crippen LogP contribution in [0.3, 0.4) is 0 Å². The van der Waals surface area contributed by atoms with E-state index in [1.54, 1.807) is 0 Å². The molecule has 1 heterocycles. The SMILES string of the molecule is Clc1ccc([C@@H]2CC(/C=C/c3ccccc3)=NN2)cc1Cl. The van der Waals surface area contributed by atoms with Crippen molar-refractivity contribution in [3.63, 3.8) is 0 Å². The van der Waals surface area contributed by atoms with Crippen molar-refractivity contribution >= 4 is 35.0 Å². The van der Waals surface area contributed by atoms with Crippen LogP contribution in [0.1, 0.15) is 23.6 Å². The summed E-state index contributed by atoms with van der Waals surface area (Å²) in [6.07, 6.45) is 4.94. The van der Waals surface area contributed by atoms with Gasteiger partial charge in [0.05, 0.1) is 21.8 Å². The number of hydrogen-bond donors (Lipinski definition) is 1. The summed E-state index contributed by atoms with van der Waals surface area (Å²) in [4.78, 5) is 0. The number of hydrazone groups is 1. The summed E-state index contributed by atoms with van der Waals surface area (Å²) in [5.74, 6) is 0. The lowest BCUT2D eigenvalue weighted by Gasteiger charge is -2.10. The molecule has 0 spiro atoms. The number of hydrogen-bond acceptors (Lipinski definition) is 2. The summed E-state index contributed by atoms with van der Waals surface area (Å²) in [6, 6.07) is 16.0. The molecule has 1 aliphatic heterocycles. The molecule has 4 heteroatoms. The van der Waals surface area contributed by atoms with Crippen LogP contribution in [0.5, 0.6) is 0 Å². The fourth-order valence-electron chi connectivity index (χ4n) is 2.24. The average molecular weight is 317 g/mol. The van der Waals surface area contributed by atoms with Crippen LogP contribution in [0, 0.1) is 0 Å². The van der Waals surface area contributed by atoms with Gasteiger partial charge in [0.1, 0.15) is 0 Å². The number of nitrogens with one attached hydrogen (secondary N) is 1. The van der Waals surface area contributed by atoms with Gasteiger partial charge in [-0.3, -0.25) is 0 Å². The van der Waals surface area contributed by atoms with Crippen LogP contribution in [0.25, 0.3) is 6.08 Å². The van der Waals surface area contributed by atoms with Crippen molar-refractivity contribution in [3.8, 4) is 0 Å². The smallest absolute Gasteiger partial charge is 0.0746 e. The van der Waals surface area contributed by atoms with Gasteiger partial charge in [-0.15, -0.1) is 0 Å². The number of halogens is 2. The second-order valence-corrected chi connectivity index (χ2v) is 5.72. The maximum atomic E-state index is 6.06. The average Bonchev–Trinajstić information content (AvgIpc) is 2.98. The van der Waals surface area contributed by atoms with E-state index in [-0.39, 0.29) is 6.04 Å². The summed E-state index contributed by atoms with van der Waals surface area (Å²) >= 11 is 12.0. The van der Waals surface area contributed by atoms with Gasteiger partial charge < -0.3 is 5.43 Å². The van der Waals surface area contributed by atoms with E-state index >= 15 is 0 Å². The molecule has 0 saturated heterocycles. The molecule has 2 nitrogen and oxygen atoms in total. The quantitative estimate of drug-likeness (QED) is 0.837. The van der Waals surface area contributed by atoms with Crippen LogP contribution in [-0.2, 0) is 0 Å². The first-order chi connectivity index (χ1) is 10.2. The Labute approximate surface area is 134 Å². The van der Waals surface area contributed by atoms with Crippen LogP contribution in [-0.4, -0.2) is 5.71 Å². The van der Waals surface area contributed by atoms with Crippen molar-refractivity contribution in [2.75, 3.05) is 0 Å². The molecule has 21 heavy (non-hydrogen) atoms. The molecule has 1 atom stereocenters. The maximum absolute atomic E-state index is 6.06. The van der Waals surface area contributed by atoms with E-state index in [0.29, 0.717) is 10.0 Å². The van der Waals surface area contributed by atoms with Gasteiger partial charge in [0.2, 0.25) is 0 Å². The number of allylic oxidation sites excluding steroid dienone is 1. The minimum absolute atomic E-state index is 0.148. The lowest BCUT2D eigenvalue weighted by atomic mass is 10.0. The lowest BCUT2D eigenvalue weighted by molar-refractivity contribution is 0.620. The third kappa shape index (κ3) is 3.46. The Bertz CT molecular complexity index is 693. The van der Waals surface area contributed by atoms with E-state index in [0.717, 1.165) is 23.3 Å². The predicted octanol–water partition coefficient (Wildman–Crippen LogP) is 5.10. The van der Waals surface area contributed by atoms with Crippen molar-refractivity contribution < 1.29 is 0 Å². The van der Waals surface area contributed by atoms with Crippen LogP contribution < -0.4 is 5.43 Å². The van der Waals surface area contributed by atoms with Gasteiger partial charge in [-0.25, -0.2) is 0 Å². The molecule has 0 radical (unpaired) electrons. The second-order valence-electron chi connectivity index (χ2n) is 4.91. The Balaban J connectivity index is 1.67. The molecular weight excluding hydrogens is 303 g/mol. The molecule has 0 amide bonds. The molecule has 0 saturated carbocycles. The zero-order valence-electron chi connectivity index (χ0n) is 11.3. The van der Waals surface area contributed by atoms with Crippen molar-refractivity contribution in [2.45, 2.75) is 12.5 Å². The molecule has 2 aromatic carbocycles. The lowest BCUT2D eigenvalue weighted by Crippen LogP contribution is -2.09. The molecule has 106 valence electrons. The number of nitrogens with zero attached hydrogens (tertiary/aromatic N) is 1. The molecule has 0 fully saturated rings. The van der Waals surface area contributed by atoms with Gasteiger partial charge in [0.25, 0.3) is 0 Å². The first kappa shape index (κ1) is 14.2. The van der Waals surface area contributed by atoms with Gasteiger partial charge in [0, 0.05) is 6.42 Å². The summed E-state index contributed by atoms with van der Waals surface area (Å²) in [7, 11) is 0. The first-order valence-corrected chi connectivity index (χ1v) is 7.48. The van der Waals surface area contributed by atoms with E-state index in [4.69, 9.17) is 23.2 Å². The summed E-state index contributed by atoms with van der Waals surface area (Å²) in [5, 5.41) is 5.51. The minimum atomic E-state index is 0.148. The molecule has 1 N–H and O–H groups in total. The van der Waals surface area contributed by atoms with Gasteiger partial charge in [-0.2, -0.15) is 5.10 Å². The predicted molar refractivity (Wildman–Crippen MR) is 89.9 cm³/mol. The molecule has 0 aromatic heterocycles. The highest BCUT2D eigenvalue weighted by atomic mass is 35.5. The standard InChI is InChI=1S/C17H14Cl2N2/c18-15-9-7-13(10-16(15)19)17-11-14(20-21-17)8-6-12-4-2-1-3-5-12/h1-10,17,21H,11H2/b8-6+/t17-/m0/s1. The Morgan fingerprint density at radius 1 is 1.00 bits per heavy atom. The van der Waals surface area contributed by atoms with E-state index in [1.807, 2.05) is 42.5 Å². The second kappa shape index (κ2) is 6.33. The first-order valence-electron chi connectivity index (χ1n) is 6.72. The topological polar surface area (TPSA) is 24.4 Å². The van der Waals surface area contributed by atoms with Gasteiger partial charge in [0.15, 0.2) is 0 Å². The van der Waals surface area contributed by atoms with E-state index in [9.17, 15) is 0 Å². The molecule has 0 aliphatic carbocycles. The van der Waals surface area contributed by atoms with Crippen LogP contribution in [0.4, 0.5) is 0 Å².